The van der Waals surface area contributed by atoms with Crippen LogP contribution < -0.4 is 20.5 Å². The first-order chi connectivity index (χ1) is 12.8. The molecule has 0 aliphatic heterocycles. The third-order valence-electron chi connectivity index (χ3n) is 3.69. The zero-order valence-electron chi connectivity index (χ0n) is 15.5. The first-order valence-corrected chi connectivity index (χ1v) is 8.33. The lowest BCUT2D eigenvalue weighted by molar-refractivity contribution is -0.153. The third-order valence-corrected chi connectivity index (χ3v) is 3.69. The van der Waals surface area contributed by atoms with Gasteiger partial charge in [0, 0.05) is 5.69 Å². The van der Waals surface area contributed by atoms with Crippen molar-refractivity contribution >= 4 is 35.6 Å². The van der Waals surface area contributed by atoms with Crippen LogP contribution in [0.5, 0.6) is 11.5 Å². The van der Waals surface area contributed by atoms with Crippen LogP contribution in [-0.2, 0) is 13.0 Å². The first kappa shape index (κ1) is 23.9. The fraction of sp³-hybridized carbons (Fsp3) is 0.316. The fourth-order valence-corrected chi connectivity index (χ4v) is 2.28. The first-order valence-electron chi connectivity index (χ1n) is 8.33. The summed E-state index contributed by atoms with van der Waals surface area (Å²) in [5.41, 5.74) is 8.64. The lowest BCUT2D eigenvalue weighted by Crippen LogP contribution is -2.22. The maximum absolute atomic E-state index is 12.3. The van der Waals surface area contributed by atoms with Gasteiger partial charge in [-0.2, -0.15) is 13.2 Å². The molecular weight excluding hydrogens is 486 g/mol. The van der Waals surface area contributed by atoms with Crippen LogP contribution in [0.3, 0.4) is 0 Å². The number of nitrogens with zero attached hydrogens (tertiary/aromatic N) is 1. The van der Waals surface area contributed by atoms with Crippen molar-refractivity contribution < 1.29 is 22.6 Å². The molecule has 0 unspecified atom stereocenters. The number of hydrogen-bond acceptors (Lipinski definition) is 3. The highest BCUT2D eigenvalue weighted by Gasteiger charge is 2.29. The maximum atomic E-state index is 12.3. The van der Waals surface area contributed by atoms with Crippen molar-refractivity contribution in [1.29, 1.82) is 0 Å². The number of anilines is 1. The van der Waals surface area contributed by atoms with Crippen LogP contribution in [0.15, 0.2) is 47.5 Å². The van der Waals surface area contributed by atoms with Crippen LogP contribution in [-0.4, -0.2) is 25.9 Å². The number of aryl methyl sites for hydroxylation is 1. The Hall–Kier alpha value is -2.17. The lowest BCUT2D eigenvalue weighted by atomic mass is 10.1. The van der Waals surface area contributed by atoms with E-state index in [9.17, 15) is 13.2 Å². The van der Waals surface area contributed by atoms with Crippen LogP contribution >= 0.6 is 24.0 Å². The van der Waals surface area contributed by atoms with Crippen LogP contribution in [0.2, 0.25) is 0 Å². The molecule has 5 nitrogen and oxygen atoms in total. The molecule has 0 fully saturated rings. The minimum Gasteiger partial charge on any atom is -0.493 e. The summed E-state index contributed by atoms with van der Waals surface area (Å²) in [5.74, 6) is 0.453. The Bertz CT molecular complexity index is 781. The van der Waals surface area contributed by atoms with Gasteiger partial charge in [0.2, 0.25) is 0 Å². The van der Waals surface area contributed by atoms with E-state index in [1.807, 2.05) is 24.3 Å². The molecule has 0 radical (unpaired) electrons. The summed E-state index contributed by atoms with van der Waals surface area (Å²) in [6.07, 6.45) is -3.46. The number of alkyl halides is 3. The quantitative estimate of drug-likeness (QED) is 0.322. The molecule has 0 aliphatic rings. The van der Waals surface area contributed by atoms with Crippen LogP contribution in [0.4, 0.5) is 18.9 Å². The average Bonchev–Trinajstić information content (AvgIpc) is 2.65. The van der Waals surface area contributed by atoms with Gasteiger partial charge in [-0.1, -0.05) is 25.1 Å². The maximum Gasteiger partial charge on any atom is 0.422 e. The summed E-state index contributed by atoms with van der Waals surface area (Å²) < 4.78 is 46.7. The van der Waals surface area contributed by atoms with E-state index in [4.69, 9.17) is 15.2 Å². The molecular formula is C19H23F3IN3O2. The average molecular weight is 509 g/mol. The van der Waals surface area contributed by atoms with Crippen molar-refractivity contribution in [2.45, 2.75) is 26.1 Å². The van der Waals surface area contributed by atoms with E-state index >= 15 is 0 Å². The highest BCUT2D eigenvalue weighted by molar-refractivity contribution is 14.0. The normalized spacial score (nSPS) is 11.5. The van der Waals surface area contributed by atoms with Crippen molar-refractivity contribution in [2.75, 3.05) is 19.0 Å². The number of rotatable bonds is 7. The van der Waals surface area contributed by atoms with Gasteiger partial charge >= 0.3 is 6.18 Å². The minimum absolute atomic E-state index is 0. The van der Waals surface area contributed by atoms with Crippen molar-refractivity contribution in [2.24, 2.45) is 10.7 Å². The van der Waals surface area contributed by atoms with Crippen molar-refractivity contribution in [3.8, 4) is 11.5 Å². The summed E-state index contributed by atoms with van der Waals surface area (Å²) in [6.45, 7) is 0.933. The van der Waals surface area contributed by atoms with E-state index in [1.165, 1.54) is 18.7 Å². The zero-order valence-corrected chi connectivity index (χ0v) is 17.9. The number of ether oxygens (including phenoxy) is 2. The molecule has 0 aliphatic carbocycles. The van der Waals surface area contributed by atoms with Crippen molar-refractivity contribution in [1.82, 2.24) is 0 Å². The van der Waals surface area contributed by atoms with Gasteiger partial charge in [0.05, 0.1) is 13.7 Å². The second-order valence-electron chi connectivity index (χ2n) is 5.77. The van der Waals surface area contributed by atoms with Gasteiger partial charge in [0.25, 0.3) is 0 Å². The monoisotopic (exact) mass is 509 g/mol. The predicted octanol–water partition coefficient (Wildman–Crippen LogP) is 4.74. The molecule has 2 rings (SSSR count). The topological polar surface area (TPSA) is 68.9 Å². The Morgan fingerprint density at radius 2 is 1.71 bits per heavy atom. The van der Waals surface area contributed by atoms with E-state index in [-0.39, 0.29) is 48.0 Å². The summed E-state index contributed by atoms with van der Waals surface area (Å²) >= 11 is 0. The van der Waals surface area contributed by atoms with Crippen LogP contribution in [0, 0.1) is 0 Å². The second kappa shape index (κ2) is 11.0. The summed E-state index contributed by atoms with van der Waals surface area (Å²) in [5, 5.41) is 2.99. The van der Waals surface area contributed by atoms with E-state index in [2.05, 4.69) is 17.2 Å². The number of hydrogen-bond donors (Lipinski definition) is 2. The Balaban J connectivity index is 0.00000392. The molecule has 0 saturated heterocycles. The number of nitrogens with one attached hydrogen (secondary N) is 1. The fourth-order valence-electron chi connectivity index (χ4n) is 2.28. The molecule has 0 amide bonds. The Morgan fingerprint density at radius 1 is 1.07 bits per heavy atom. The SMILES string of the molecule is CCc1ccc(NC(N)=NCc2ccc(OCC(F)(F)F)c(OC)c2)cc1.I. The van der Waals surface area contributed by atoms with Gasteiger partial charge in [0.1, 0.15) is 0 Å². The van der Waals surface area contributed by atoms with Crippen LogP contribution in [0.25, 0.3) is 0 Å². The van der Waals surface area contributed by atoms with E-state index < -0.39 is 12.8 Å². The number of benzene rings is 2. The molecule has 0 heterocycles. The third kappa shape index (κ3) is 7.83. The molecule has 28 heavy (non-hydrogen) atoms. The highest BCUT2D eigenvalue weighted by Crippen LogP contribution is 2.30. The zero-order chi connectivity index (χ0) is 19.9. The molecule has 2 aromatic rings. The molecule has 0 spiro atoms. The highest BCUT2D eigenvalue weighted by atomic mass is 127. The van der Waals surface area contributed by atoms with E-state index in [0.29, 0.717) is 0 Å². The molecule has 154 valence electrons. The summed E-state index contributed by atoms with van der Waals surface area (Å²) in [4.78, 5) is 4.23. The largest absolute Gasteiger partial charge is 0.493 e. The molecule has 0 aromatic heterocycles. The predicted molar refractivity (Wildman–Crippen MR) is 115 cm³/mol. The Morgan fingerprint density at radius 3 is 2.29 bits per heavy atom. The van der Waals surface area contributed by atoms with Gasteiger partial charge in [0.15, 0.2) is 24.1 Å². The molecule has 9 heteroatoms. The second-order valence-corrected chi connectivity index (χ2v) is 5.77. The molecule has 0 atom stereocenters. The Labute approximate surface area is 179 Å². The smallest absolute Gasteiger partial charge is 0.422 e. The Kier molecular flexibility index (Phi) is 9.36. The van der Waals surface area contributed by atoms with Gasteiger partial charge < -0.3 is 20.5 Å². The number of guanidine groups is 1. The van der Waals surface area contributed by atoms with Gasteiger partial charge in [-0.3, -0.25) is 0 Å². The van der Waals surface area contributed by atoms with E-state index in [0.717, 1.165) is 17.7 Å². The number of aliphatic imine (C=N–C) groups is 1. The molecule has 0 saturated carbocycles. The van der Waals surface area contributed by atoms with Gasteiger partial charge in [-0.25, -0.2) is 4.99 Å². The molecule has 2 aromatic carbocycles. The minimum atomic E-state index is -4.41. The summed E-state index contributed by atoms with van der Waals surface area (Å²) in [7, 11) is 1.36. The number of methoxy groups -OCH3 is 1. The van der Waals surface area contributed by atoms with E-state index in [1.54, 1.807) is 12.1 Å². The van der Waals surface area contributed by atoms with Gasteiger partial charge in [-0.15, -0.1) is 24.0 Å². The summed E-state index contributed by atoms with van der Waals surface area (Å²) in [6, 6.07) is 12.4. The van der Waals surface area contributed by atoms with Crippen LogP contribution in [0.1, 0.15) is 18.1 Å². The standard InChI is InChI=1S/C19H22F3N3O2.HI/c1-3-13-4-7-15(8-5-13)25-18(23)24-11-14-6-9-16(17(10-14)26-2)27-12-19(20,21)22;/h4-10H,3,11-12H2,1-2H3,(H3,23,24,25);1H. The van der Waals surface area contributed by atoms with Crippen molar-refractivity contribution in [3.63, 3.8) is 0 Å². The van der Waals surface area contributed by atoms with Gasteiger partial charge in [-0.05, 0) is 41.8 Å². The lowest BCUT2D eigenvalue weighted by Gasteiger charge is -2.13. The van der Waals surface area contributed by atoms with Crippen molar-refractivity contribution in [3.05, 3.63) is 53.6 Å². The molecule has 3 N–H and O–H groups in total. The number of nitrogens with two attached hydrogens (primary N) is 1. The number of halogens is 4. The molecule has 0 bridgehead atoms.